The molecule has 3 unspecified atom stereocenters. The van der Waals surface area contributed by atoms with Gasteiger partial charge in [0.1, 0.15) is 0 Å². The summed E-state index contributed by atoms with van der Waals surface area (Å²) in [4.78, 5) is 0. The fraction of sp³-hybridized carbons (Fsp3) is 0.152. The molecule has 0 fully saturated rings. The van der Waals surface area contributed by atoms with E-state index in [4.69, 9.17) is 17.0 Å². The number of benzene rings is 3. The molecule has 0 spiro atoms. The minimum atomic E-state index is -2.65. The molecular weight excluding hydrogens is 721 g/mol. The van der Waals surface area contributed by atoms with Crippen LogP contribution in [-0.4, -0.2) is 0 Å². The van der Waals surface area contributed by atoms with E-state index >= 15 is 0 Å². The van der Waals surface area contributed by atoms with Crippen LogP contribution in [0.1, 0.15) is 55.3 Å². The van der Waals surface area contributed by atoms with Crippen molar-refractivity contribution in [2.45, 2.75) is 26.5 Å². The van der Waals surface area contributed by atoms with Gasteiger partial charge < -0.3 is 24.8 Å². The summed E-state index contributed by atoms with van der Waals surface area (Å²) >= 11 is -1.06. The van der Waals surface area contributed by atoms with Crippen LogP contribution in [0.25, 0.3) is 18.2 Å². The molecule has 0 saturated heterocycles. The number of hydrogen-bond donors (Lipinski definition) is 0. The first-order valence-electron chi connectivity index (χ1n) is 12.7. The van der Waals surface area contributed by atoms with E-state index in [0.29, 0.717) is 15.5 Å². The van der Waals surface area contributed by atoms with Crippen LogP contribution in [0, 0.1) is 0 Å². The standard InChI is InChI=1S/C18H14.C9H7.C5H5.CH3.4ClH.2Zr/c1-3-7-15-13(5-1)9-11-17(15)18-12-10-14-6-2-4-8-16(14)18;1-2-5-9-7-3-6-8(9)4-1;1-2-4-5-3-1;;;;;;;/h1-12,17-18H;1-7H;1-3H,4H2;1H3;4*1H;;/q;;;;;;;;2*+2/p-4. The van der Waals surface area contributed by atoms with E-state index in [1.165, 1.54) is 36.7 Å². The number of hydrogen-bond acceptors (Lipinski definition) is 0. The Labute approximate surface area is 272 Å². The summed E-state index contributed by atoms with van der Waals surface area (Å²) in [5.74, 6) is 1.00. The molecule has 0 heterocycles. The van der Waals surface area contributed by atoms with Crippen LogP contribution in [0.15, 0.2) is 113 Å². The Morgan fingerprint density at radius 1 is 0.667 bits per heavy atom. The minimum absolute atomic E-state index is 0. The molecule has 0 aliphatic heterocycles. The maximum atomic E-state index is 6.01. The van der Waals surface area contributed by atoms with Crippen LogP contribution >= 0.6 is 17.0 Å². The van der Waals surface area contributed by atoms with Crippen molar-refractivity contribution < 1.29 is 67.4 Å². The summed E-state index contributed by atoms with van der Waals surface area (Å²) in [5, 5.41) is 0. The van der Waals surface area contributed by atoms with Gasteiger partial charge >= 0.3 is 143 Å². The van der Waals surface area contributed by atoms with Crippen LogP contribution in [0.5, 0.6) is 0 Å². The first kappa shape index (κ1) is 32.8. The zero-order chi connectivity index (χ0) is 25.8. The van der Waals surface area contributed by atoms with Gasteiger partial charge in [-0.3, -0.25) is 0 Å². The average Bonchev–Trinajstić information content (AvgIpc) is 3.71. The number of halogens is 4. The Balaban J connectivity index is 0.000000172. The van der Waals surface area contributed by atoms with Gasteiger partial charge in [-0.1, -0.05) is 72.8 Å². The molecule has 0 N–H and O–H groups in total. The van der Waals surface area contributed by atoms with Crippen molar-refractivity contribution in [3.8, 4) is 0 Å². The van der Waals surface area contributed by atoms with Gasteiger partial charge in [-0.2, -0.15) is 0 Å². The van der Waals surface area contributed by atoms with Crippen LogP contribution in [0.2, 0.25) is 4.63 Å². The monoisotopic (exact) mass is 745 g/mol. The van der Waals surface area contributed by atoms with Gasteiger partial charge in [-0.25, -0.2) is 0 Å². The Bertz CT molecular complexity index is 1370. The third-order valence-electron chi connectivity index (χ3n) is 7.20. The normalized spacial score (nSPS) is 20.3. The van der Waals surface area contributed by atoms with Crippen molar-refractivity contribution in [2.75, 3.05) is 0 Å². The molecule has 0 radical (unpaired) electrons. The van der Waals surface area contributed by atoms with Gasteiger partial charge in [0.2, 0.25) is 0 Å². The van der Waals surface area contributed by atoms with Crippen molar-refractivity contribution in [3.05, 3.63) is 146 Å². The van der Waals surface area contributed by atoms with Gasteiger partial charge in [0.05, 0.1) is 0 Å². The van der Waals surface area contributed by atoms with Gasteiger partial charge in [-0.05, 0) is 22.3 Å². The molecule has 4 aliphatic carbocycles. The Kier molecular flexibility index (Phi) is 12.6. The SMILES string of the molecule is C1=CC(C2C=Cc3ccccc32)c2ccccc21.[CH3][Zr]([Cl])([Cl])[C]1=CC=CC1.[Cl-].[Cl-].[Zr+2][CH]1C=Cc2ccccc21. The predicted molar refractivity (Wildman–Crippen MR) is 154 cm³/mol. The van der Waals surface area contributed by atoms with E-state index in [2.05, 4.69) is 121 Å². The molecular formula is C33H29Cl4Zr2. The average molecular weight is 750 g/mol. The van der Waals surface area contributed by atoms with Gasteiger partial charge in [-0.15, -0.1) is 0 Å². The molecule has 7 rings (SSSR count). The van der Waals surface area contributed by atoms with Crippen molar-refractivity contribution in [2.24, 2.45) is 0 Å². The zero-order valence-corrected chi connectivity index (χ0v) is 29.5. The van der Waals surface area contributed by atoms with E-state index in [0.717, 1.165) is 6.42 Å². The predicted octanol–water partition coefficient (Wildman–Crippen LogP) is 4.26. The molecule has 39 heavy (non-hydrogen) atoms. The quantitative estimate of drug-likeness (QED) is 0.368. The van der Waals surface area contributed by atoms with E-state index in [1.54, 1.807) is 24.7 Å². The van der Waals surface area contributed by atoms with Crippen LogP contribution < -0.4 is 24.8 Å². The second kappa shape index (κ2) is 15.0. The fourth-order valence-electron chi connectivity index (χ4n) is 5.20. The second-order valence-corrected chi connectivity index (χ2v) is 27.3. The maximum absolute atomic E-state index is 6.01. The molecule has 0 amide bonds. The van der Waals surface area contributed by atoms with Gasteiger partial charge in [0.15, 0.2) is 0 Å². The third kappa shape index (κ3) is 7.98. The van der Waals surface area contributed by atoms with Gasteiger partial charge in [0, 0.05) is 11.8 Å². The first-order chi connectivity index (χ1) is 17.9. The number of allylic oxidation sites excluding steroid dienone is 7. The molecule has 0 aromatic heterocycles. The van der Waals surface area contributed by atoms with Crippen molar-refractivity contribution >= 4 is 35.3 Å². The van der Waals surface area contributed by atoms with Crippen LogP contribution in [0.3, 0.4) is 0 Å². The molecule has 3 aromatic carbocycles. The van der Waals surface area contributed by atoms with Gasteiger partial charge in [0.25, 0.3) is 0 Å². The summed E-state index contributed by atoms with van der Waals surface area (Å²) in [5.41, 5.74) is 8.58. The third-order valence-corrected chi connectivity index (χ3v) is 15.0. The number of rotatable bonds is 2. The van der Waals surface area contributed by atoms with Crippen molar-refractivity contribution in [1.29, 1.82) is 0 Å². The van der Waals surface area contributed by atoms with E-state index in [-0.39, 0.29) is 24.8 Å². The molecule has 4 aliphatic rings. The summed E-state index contributed by atoms with van der Waals surface area (Å²) < 4.78 is 3.99. The Morgan fingerprint density at radius 3 is 1.51 bits per heavy atom. The topological polar surface area (TPSA) is 0 Å². The zero-order valence-electron chi connectivity index (χ0n) is 21.6. The molecule has 0 bridgehead atoms. The molecule has 3 aromatic rings. The Hall–Kier alpha value is -0.714. The summed E-state index contributed by atoms with van der Waals surface area (Å²) in [6.07, 6.45) is 20.9. The fourth-order valence-corrected chi connectivity index (χ4v) is 9.87. The Morgan fingerprint density at radius 2 is 1.10 bits per heavy atom. The number of fused-ring (bicyclic) bond motifs is 3. The van der Waals surface area contributed by atoms with Crippen molar-refractivity contribution in [1.82, 2.24) is 0 Å². The first-order valence-corrected chi connectivity index (χ1v) is 24.1. The summed E-state index contributed by atoms with van der Waals surface area (Å²) in [7, 11) is 12.0. The van der Waals surface area contributed by atoms with E-state index in [9.17, 15) is 0 Å². The van der Waals surface area contributed by atoms with Crippen LogP contribution in [0.4, 0.5) is 0 Å². The molecule has 197 valence electrons. The van der Waals surface area contributed by atoms with Crippen molar-refractivity contribution in [3.63, 3.8) is 0 Å². The molecule has 6 heteroatoms. The molecule has 3 atom stereocenters. The molecule has 0 saturated carbocycles. The summed E-state index contributed by atoms with van der Waals surface area (Å²) in [6.45, 7) is 0. The van der Waals surface area contributed by atoms with E-state index < -0.39 is 17.9 Å². The van der Waals surface area contributed by atoms with E-state index in [1.807, 2.05) is 10.7 Å². The van der Waals surface area contributed by atoms with Crippen LogP contribution in [-0.2, 0) is 42.6 Å². The molecule has 0 nitrogen and oxygen atoms in total. The second-order valence-electron chi connectivity index (χ2n) is 9.71. The summed E-state index contributed by atoms with van der Waals surface area (Å²) in [6, 6.07) is 26.0.